The maximum absolute atomic E-state index is 12.8. The average molecular weight is 474 g/mol. The molecule has 8 heteroatoms. The van der Waals surface area contributed by atoms with Gasteiger partial charge in [0.25, 0.3) is 5.56 Å². The number of pyridine rings is 1. The molecule has 0 saturated carbocycles. The Hall–Kier alpha value is -4.09. The fourth-order valence-electron chi connectivity index (χ4n) is 3.90. The molecule has 0 aliphatic carbocycles. The second-order valence-corrected chi connectivity index (χ2v) is 8.55. The van der Waals surface area contributed by atoms with Gasteiger partial charge in [-0.05, 0) is 36.2 Å². The van der Waals surface area contributed by atoms with Crippen LogP contribution in [0.5, 0.6) is 11.5 Å². The van der Waals surface area contributed by atoms with E-state index in [0.717, 1.165) is 27.8 Å². The summed E-state index contributed by atoms with van der Waals surface area (Å²) in [5, 5.41) is 15.8. The standard InChI is InChI=1S/C26H23N3O4S/c1-16-13-24(31)29(25-19(16)5-4-6-22(25)33-3)12-11-23(30)28-26-20(14-27)21(15-34-26)17-7-9-18(32-2)10-8-17/h4-10,13,15H,11-12H2,1-3H3,(H,28,30). The molecular formula is C26H23N3O4S. The molecule has 34 heavy (non-hydrogen) atoms. The summed E-state index contributed by atoms with van der Waals surface area (Å²) < 4.78 is 12.2. The van der Waals surface area contributed by atoms with Gasteiger partial charge in [0.05, 0.1) is 25.3 Å². The Morgan fingerprint density at radius 3 is 2.59 bits per heavy atom. The molecule has 0 bridgehead atoms. The lowest BCUT2D eigenvalue weighted by Gasteiger charge is -2.14. The van der Waals surface area contributed by atoms with Crippen molar-refractivity contribution in [3.8, 4) is 28.7 Å². The predicted octanol–water partition coefficient (Wildman–Crippen LogP) is 4.96. The first-order valence-corrected chi connectivity index (χ1v) is 11.5. The molecular weight excluding hydrogens is 450 g/mol. The fourth-order valence-corrected chi connectivity index (χ4v) is 4.84. The zero-order chi connectivity index (χ0) is 24.2. The van der Waals surface area contributed by atoms with Crippen molar-refractivity contribution >= 4 is 33.1 Å². The maximum atomic E-state index is 12.8. The number of fused-ring (bicyclic) bond motifs is 1. The van der Waals surface area contributed by atoms with Gasteiger partial charge in [0.15, 0.2) is 0 Å². The van der Waals surface area contributed by atoms with Crippen LogP contribution in [0.25, 0.3) is 22.0 Å². The summed E-state index contributed by atoms with van der Waals surface area (Å²) in [6.45, 7) is 2.06. The topological polar surface area (TPSA) is 93.3 Å². The number of aromatic nitrogens is 1. The number of aryl methyl sites for hydroxylation is 2. The number of methoxy groups -OCH3 is 2. The summed E-state index contributed by atoms with van der Waals surface area (Å²) in [4.78, 5) is 25.5. The van der Waals surface area contributed by atoms with E-state index in [-0.39, 0.29) is 24.4 Å². The Morgan fingerprint density at radius 1 is 1.15 bits per heavy atom. The van der Waals surface area contributed by atoms with E-state index < -0.39 is 0 Å². The molecule has 2 aromatic carbocycles. The Bertz CT molecular complexity index is 1460. The van der Waals surface area contributed by atoms with Gasteiger partial charge in [0.2, 0.25) is 5.91 Å². The molecule has 7 nitrogen and oxygen atoms in total. The van der Waals surface area contributed by atoms with Crippen LogP contribution in [-0.4, -0.2) is 24.7 Å². The van der Waals surface area contributed by atoms with E-state index in [2.05, 4.69) is 11.4 Å². The van der Waals surface area contributed by atoms with E-state index in [4.69, 9.17) is 9.47 Å². The number of benzene rings is 2. The normalized spacial score (nSPS) is 10.6. The number of amides is 1. The number of thiophene rings is 1. The number of rotatable bonds is 7. The minimum Gasteiger partial charge on any atom is -0.497 e. The van der Waals surface area contributed by atoms with Crippen LogP contribution in [-0.2, 0) is 11.3 Å². The summed E-state index contributed by atoms with van der Waals surface area (Å²) in [5.41, 5.74) is 3.33. The fraction of sp³-hybridized carbons (Fsp3) is 0.192. The third-order valence-electron chi connectivity index (χ3n) is 5.64. The Balaban J connectivity index is 1.56. The van der Waals surface area contributed by atoms with Gasteiger partial charge >= 0.3 is 0 Å². The highest BCUT2D eigenvalue weighted by molar-refractivity contribution is 7.15. The van der Waals surface area contributed by atoms with E-state index >= 15 is 0 Å². The van der Waals surface area contributed by atoms with Crippen LogP contribution in [0, 0.1) is 18.3 Å². The first kappa shape index (κ1) is 23.1. The van der Waals surface area contributed by atoms with Gasteiger partial charge in [0.1, 0.15) is 22.6 Å². The molecule has 0 fully saturated rings. The SMILES string of the molecule is COc1ccc(-c2csc(NC(=O)CCn3c(=O)cc(C)c4cccc(OC)c43)c2C#N)cc1. The first-order valence-electron chi connectivity index (χ1n) is 10.6. The van der Waals surface area contributed by atoms with E-state index in [0.29, 0.717) is 21.8 Å². The van der Waals surface area contributed by atoms with Crippen molar-refractivity contribution < 1.29 is 14.3 Å². The minimum atomic E-state index is -0.282. The van der Waals surface area contributed by atoms with Crippen LogP contribution in [0.1, 0.15) is 17.5 Å². The number of hydrogen-bond donors (Lipinski definition) is 1. The highest BCUT2D eigenvalue weighted by Gasteiger charge is 2.17. The van der Waals surface area contributed by atoms with E-state index in [1.165, 1.54) is 11.3 Å². The summed E-state index contributed by atoms with van der Waals surface area (Å²) >= 11 is 1.30. The number of hydrogen-bond acceptors (Lipinski definition) is 6. The summed E-state index contributed by atoms with van der Waals surface area (Å²) in [6.07, 6.45) is 0.0662. The lowest BCUT2D eigenvalue weighted by atomic mass is 10.0. The molecule has 0 unspecified atom stereocenters. The second kappa shape index (κ2) is 9.81. The van der Waals surface area contributed by atoms with Crippen LogP contribution in [0.4, 0.5) is 5.00 Å². The molecule has 1 amide bonds. The van der Waals surface area contributed by atoms with Crippen molar-refractivity contribution in [2.24, 2.45) is 0 Å². The maximum Gasteiger partial charge on any atom is 0.251 e. The molecule has 1 N–H and O–H groups in total. The Morgan fingerprint density at radius 2 is 1.91 bits per heavy atom. The number of nitrogens with one attached hydrogen (secondary N) is 1. The van der Waals surface area contributed by atoms with Crippen LogP contribution in [0.15, 0.2) is 58.7 Å². The third kappa shape index (κ3) is 4.38. The highest BCUT2D eigenvalue weighted by Crippen LogP contribution is 2.35. The van der Waals surface area contributed by atoms with Gasteiger partial charge in [-0.15, -0.1) is 11.3 Å². The highest BCUT2D eigenvalue weighted by atomic mass is 32.1. The zero-order valence-corrected chi connectivity index (χ0v) is 19.9. The first-order chi connectivity index (χ1) is 16.5. The van der Waals surface area contributed by atoms with Gasteiger partial charge in [-0.1, -0.05) is 24.3 Å². The average Bonchev–Trinajstić information content (AvgIpc) is 3.25. The van der Waals surface area contributed by atoms with Gasteiger partial charge in [-0.2, -0.15) is 5.26 Å². The number of anilines is 1. The Labute approximate surface area is 200 Å². The van der Waals surface area contributed by atoms with Crippen molar-refractivity contribution in [1.29, 1.82) is 5.26 Å². The number of para-hydroxylation sites is 1. The number of ether oxygens (including phenoxy) is 2. The van der Waals surface area contributed by atoms with Crippen molar-refractivity contribution in [3.05, 3.63) is 75.4 Å². The molecule has 0 atom stereocenters. The van der Waals surface area contributed by atoms with Gasteiger partial charge < -0.3 is 19.4 Å². The minimum absolute atomic E-state index is 0.0662. The van der Waals surface area contributed by atoms with Gasteiger partial charge in [-0.25, -0.2) is 0 Å². The third-order valence-corrected chi connectivity index (χ3v) is 6.53. The number of nitriles is 1. The molecule has 0 spiro atoms. The van der Waals surface area contributed by atoms with Crippen LogP contribution >= 0.6 is 11.3 Å². The largest absolute Gasteiger partial charge is 0.497 e. The summed E-state index contributed by atoms with van der Waals surface area (Å²) in [7, 11) is 3.15. The van der Waals surface area contributed by atoms with Crippen molar-refractivity contribution in [2.75, 3.05) is 19.5 Å². The molecule has 4 rings (SSSR count). The molecule has 4 aromatic rings. The molecule has 0 saturated heterocycles. The molecule has 0 aliphatic heterocycles. The van der Waals surface area contributed by atoms with E-state index in [1.54, 1.807) is 30.9 Å². The van der Waals surface area contributed by atoms with Crippen molar-refractivity contribution in [2.45, 2.75) is 19.9 Å². The molecule has 2 aromatic heterocycles. The molecule has 2 heterocycles. The Kier molecular flexibility index (Phi) is 6.66. The van der Waals surface area contributed by atoms with Crippen LogP contribution in [0.2, 0.25) is 0 Å². The molecule has 172 valence electrons. The van der Waals surface area contributed by atoms with E-state index in [9.17, 15) is 14.9 Å². The number of carbonyl (C=O) groups is 1. The quantitative estimate of drug-likeness (QED) is 0.410. The second-order valence-electron chi connectivity index (χ2n) is 7.67. The van der Waals surface area contributed by atoms with Gasteiger partial charge in [0, 0.05) is 35.4 Å². The lowest BCUT2D eigenvalue weighted by molar-refractivity contribution is -0.116. The van der Waals surface area contributed by atoms with Crippen LogP contribution in [0.3, 0.4) is 0 Å². The van der Waals surface area contributed by atoms with Crippen molar-refractivity contribution in [1.82, 2.24) is 4.57 Å². The molecule has 0 aliphatic rings. The predicted molar refractivity (Wildman–Crippen MR) is 134 cm³/mol. The van der Waals surface area contributed by atoms with Crippen molar-refractivity contribution in [3.63, 3.8) is 0 Å². The smallest absolute Gasteiger partial charge is 0.251 e. The van der Waals surface area contributed by atoms with E-state index in [1.807, 2.05) is 48.7 Å². The number of carbonyl (C=O) groups excluding carboxylic acids is 1. The number of nitrogens with zero attached hydrogens (tertiary/aromatic N) is 2. The monoisotopic (exact) mass is 473 g/mol. The van der Waals surface area contributed by atoms with Crippen LogP contribution < -0.4 is 20.3 Å². The lowest BCUT2D eigenvalue weighted by Crippen LogP contribution is -2.24. The summed E-state index contributed by atoms with van der Waals surface area (Å²) in [5.74, 6) is 1.02. The molecule has 0 radical (unpaired) electrons. The summed E-state index contributed by atoms with van der Waals surface area (Å²) in [6, 6.07) is 16.7. The van der Waals surface area contributed by atoms with Gasteiger partial charge in [-0.3, -0.25) is 9.59 Å². The zero-order valence-electron chi connectivity index (χ0n) is 19.0.